The summed E-state index contributed by atoms with van der Waals surface area (Å²) in [6, 6.07) is 23.9. The van der Waals surface area contributed by atoms with Gasteiger partial charge in [0.05, 0.1) is 5.75 Å². The zero-order chi connectivity index (χ0) is 30.3. The zero-order valence-electron chi connectivity index (χ0n) is 24.8. The smallest absolute Gasteiger partial charge is 0.326 e. The molecule has 0 aliphatic carbocycles. The number of aryl methyl sites for hydroxylation is 1. The zero-order valence-corrected chi connectivity index (χ0v) is 25.6. The normalized spacial score (nSPS) is 18.1. The topological polar surface area (TPSA) is 104 Å². The Kier molecular flexibility index (Phi) is 10.6. The van der Waals surface area contributed by atoms with Gasteiger partial charge in [-0.1, -0.05) is 74.0 Å². The highest BCUT2D eigenvalue weighted by molar-refractivity contribution is 7.90. The van der Waals surface area contributed by atoms with Gasteiger partial charge in [-0.05, 0) is 79.0 Å². The van der Waals surface area contributed by atoms with Crippen LogP contribution in [0.5, 0.6) is 0 Å². The molecule has 42 heavy (non-hydrogen) atoms. The van der Waals surface area contributed by atoms with Crippen LogP contribution in [0.15, 0.2) is 72.8 Å². The third-order valence-electron chi connectivity index (χ3n) is 8.22. The maximum absolute atomic E-state index is 13.5. The molecule has 3 aromatic carbocycles. The van der Waals surface area contributed by atoms with E-state index < -0.39 is 27.8 Å². The van der Waals surface area contributed by atoms with Crippen LogP contribution in [0.2, 0.25) is 0 Å². The monoisotopic (exact) mass is 590 g/mol. The van der Waals surface area contributed by atoms with Gasteiger partial charge in [-0.15, -0.1) is 0 Å². The number of benzene rings is 3. The number of aliphatic carboxylic acids is 1. The number of hydrogen-bond acceptors (Lipinski definition) is 5. The minimum absolute atomic E-state index is 0.200. The second-order valence-electron chi connectivity index (χ2n) is 11.5. The molecule has 0 radical (unpaired) electrons. The van der Waals surface area contributed by atoms with Gasteiger partial charge in [-0.3, -0.25) is 9.69 Å². The van der Waals surface area contributed by atoms with Gasteiger partial charge in [0.2, 0.25) is 0 Å². The summed E-state index contributed by atoms with van der Waals surface area (Å²) in [6.45, 7) is 4.98. The van der Waals surface area contributed by atoms with E-state index in [0.29, 0.717) is 17.6 Å². The third kappa shape index (κ3) is 8.29. The molecule has 0 saturated carbocycles. The summed E-state index contributed by atoms with van der Waals surface area (Å²) in [5.41, 5.74) is 5.44. The molecule has 0 bridgehead atoms. The van der Waals surface area contributed by atoms with Crippen molar-refractivity contribution in [1.29, 1.82) is 0 Å². The van der Waals surface area contributed by atoms with Gasteiger partial charge in [-0.25, -0.2) is 13.2 Å². The van der Waals surface area contributed by atoms with Gasteiger partial charge in [-0.2, -0.15) is 0 Å². The van der Waals surface area contributed by atoms with E-state index in [2.05, 4.69) is 47.5 Å². The lowest BCUT2D eigenvalue weighted by atomic mass is 9.93. The van der Waals surface area contributed by atoms with Gasteiger partial charge < -0.3 is 10.4 Å². The Bertz CT molecular complexity index is 1490. The first-order valence-corrected chi connectivity index (χ1v) is 16.8. The summed E-state index contributed by atoms with van der Waals surface area (Å²) in [5, 5.41) is 12.3. The molecule has 1 saturated heterocycles. The van der Waals surface area contributed by atoms with E-state index in [9.17, 15) is 23.1 Å². The number of sulfone groups is 1. The second kappa shape index (κ2) is 14.1. The van der Waals surface area contributed by atoms with Crippen LogP contribution in [0, 0.1) is 6.92 Å². The number of carbonyl (C=O) groups is 2. The SMILES string of the molecule is CCC[C@H]1CC[C@@H](Cc2ccccc2)N1Cc1ccc(C(=O)N[C@@H](CCS(C)(=O)=O)C(=O)O)c(-c2ccccc2C)c1. The first-order chi connectivity index (χ1) is 20.1. The molecule has 1 amide bonds. The number of carboxylic acid groups (broad SMARTS) is 1. The molecule has 3 atom stereocenters. The van der Waals surface area contributed by atoms with Crippen LogP contribution in [0.3, 0.4) is 0 Å². The number of nitrogens with one attached hydrogen (secondary N) is 1. The Morgan fingerprint density at radius 3 is 2.31 bits per heavy atom. The summed E-state index contributed by atoms with van der Waals surface area (Å²) in [5.74, 6) is -2.12. The summed E-state index contributed by atoms with van der Waals surface area (Å²) in [6.07, 6.45) is 6.43. The molecule has 8 heteroatoms. The van der Waals surface area contributed by atoms with Crippen LogP contribution in [-0.4, -0.2) is 60.4 Å². The van der Waals surface area contributed by atoms with Crippen molar-refractivity contribution in [2.24, 2.45) is 0 Å². The molecule has 3 aromatic rings. The molecule has 4 rings (SSSR count). The summed E-state index contributed by atoms with van der Waals surface area (Å²) in [4.78, 5) is 28.0. The Balaban J connectivity index is 1.65. The van der Waals surface area contributed by atoms with Gasteiger partial charge in [0.25, 0.3) is 5.91 Å². The molecule has 0 aromatic heterocycles. The third-order valence-corrected chi connectivity index (χ3v) is 9.19. The minimum Gasteiger partial charge on any atom is -0.480 e. The number of rotatable bonds is 13. The van der Waals surface area contributed by atoms with Crippen LogP contribution < -0.4 is 5.32 Å². The van der Waals surface area contributed by atoms with Crippen molar-refractivity contribution in [2.45, 2.75) is 77.0 Å². The molecule has 224 valence electrons. The van der Waals surface area contributed by atoms with Crippen LogP contribution in [0.4, 0.5) is 0 Å². The van der Waals surface area contributed by atoms with Crippen molar-refractivity contribution >= 4 is 21.7 Å². The minimum atomic E-state index is -3.38. The Hall–Kier alpha value is -3.49. The molecule has 0 unspecified atom stereocenters. The Morgan fingerprint density at radius 1 is 0.952 bits per heavy atom. The number of carboxylic acids is 1. The fourth-order valence-electron chi connectivity index (χ4n) is 6.04. The standard InChI is InChI=1S/C34H42N2O5S/c1-4-10-27-16-17-28(21-25-12-6-5-7-13-25)36(27)23-26-15-18-30(31(22-26)29-14-9-8-11-24(29)2)33(37)35-32(34(38)39)19-20-42(3,40)41/h5-9,11-15,18,22,27-28,32H,4,10,16-17,19-21,23H2,1-3H3,(H,35,37)(H,38,39)/t27-,28-,32-/m0/s1. The first-order valence-electron chi connectivity index (χ1n) is 14.8. The molecule has 1 heterocycles. The number of carbonyl (C=O) groups excluding carboxylic acids is 1. The highest BCUT2D eigenvalue weighted by Crippen LogP contribution is 2.33. The molecular formula is C34H42N2O5S. The Morgan fingerprint density at radius 2 is 1.64 bits per heavy atom. The van der Waals surface area contributed by atoms with Crippen LogP contribution in [0.1, 0.15) is 66.1 Å². The van der Waals surface area contributed by atoms with Gasteiger partial charge in [0, 0.05) is 30.4 Å². The summed E-state index contributed by atoms with van der Waals surface area (Å²) < 4.78 is 23.3. The van der Waals surface area contributed by atoms with Gasteiger partial charge in [0.1, 0.15) is 15.9 Å². The van der Waals surface area contributed by atoms with Gasteiger partial charge >= 0.3 is 5.97 Å². The lowest BCUT2D eigenvalue weighted by Gasteiger charge is -2.31. The average Bonchev–Trinajstić information content (AvgIpc) is 3.31. The Labute approximate surface area is 249 Å². The van der Waals surface area contributed by atoms with Crippen molar-refractivity contribution in [2.75, 3.05) is 12.0 Å². The molecule has 2 N–H and O–H groups in total. The number of hydrogen-bond donors (Lipinski definition) is 2. The fourth-order valence-corrected chi connectivity index (χ4v) is 6.71. The fraction of sp³-hybridized carbons (Fsp3) is 0.412. The summed E-state index contributed by atoms with van der Waals surface area (Å²) >= 11 is 0. The highest BCUT2D eigenvalue weighted by atomic mass is 32.2. The van der Waals surface area contributed by atoms with E-state index in [1.807, 2.05) is 43.3 Å². The van der Waals surface area contributed by atoms with Crippen molar-refractivity contribution in [3.63, 3.8) is 0 Å². The summed E-state index contributed by atoms with van der Waals surface area (Å²) in [7, 11) is -3.38. The molecule has 7 nitrogen and oxygen atoms in total. The average molecular weight is 591 g/mol. The van der Waals surface area contributed by atoms with Crippen molar-refractivity contribution in [3.05, 3.63) is 95.1 Å². The molecule has 0 spiro atoms. The molecule has 1 aliphatic rings. The van der Waals surface area contributed by atoms with E-state index >= 15 is 0 Å². The van der Waals surface area contributed by atoms with E-state index in [1.165, 1.54) is 12.0 Å². The van der Waals surface area contributed by atoms with Crippen LogP contribution in [-0.2, 0) is 27.6 Å². The largest absolute Gasteiger partial charge is 0.480 e. The number of nitrogens with zero attached hydrogens (tertiary/aromatic N) is 1. The molecule has 1 aliphatic heterocycles. The number of likely N-dealkylation sites (tertiary alicyclic amines) is 1. The van der Waals surface area contributed by atoms with E-state index in [4.69, 9.17) is 0 Å². The first kappa shape index (κ1) is 31.4. The van der Waals surface area contributed by atoms with E-state index in [-0.39, 0.29) is 12.2 Å². The predicted octanol–water partition coefficient (Wildman–Crippen LogP) is 5.66. The lowest BCUT2D eigenvalue weighted by molar-refractivity contribution is -0.139. The van der Waals surface area contributed by atoms with Crippen LogP contribution in [0.25, 0.3) is 11.1 Å². The quantitative estimate of drug-likeness (QED) is 0.267. The van der Waals surface area contributed by atoms with E-state index in [0.717, 1.165) is 60.7 Å². The second-order valence-corrected chi connectivity index (χ2v) is 13.8. The maximum Gasteiger partial charge on any atom is 0.326 e. The van der Waals surface area contributed by atoms with Gasteiger partial charge in [0.15, 0.2) is 0 Å². The van der Waals surface area contributed by atoms with Crippen molar-refractivity contribution in [1.82, 2.24) is 10.2 Å². The predicted molar refractivity (Wildman–Crippen MR) is 167 cm³/mol. The maximum atomic E-state index is 13.5. The van der Waals surface area contributed by atoms with Crippen LogP contribution >= 0.6 is 0 Å². The van der Waals surface area contributed by atoms with E-state index in [1.54, 1.807) is 6.07 Å². The lowest BCUT2D eigenvalue weighted by Crippen LogP contribution is -2.42. The molecular weight excluding hydrogens is 548 g/mol. The highest BCUT2D eigenvalue weighted by Gasteiger charge is 2.33. The number of amides is 1. The van der Waals surface area contributed by atoms with Crippen molar-refractivity contribution in [3.8, 4) is 11.1 Å². The molecule has 1 fully saturated rings. The van der Waals surface area contributed by atoms with Crippen molar-refractivity contribution < 1.29 is 23.1 Å².